The molecule has 0 radical (unpaired) electrons. The lowest BCUT2D eigenvalue weighted by Gasteiger charge is -2.20. The molecule has 0 aliphatic carbocycles. The van der Waals surface area contributed by atoms with Gasteiger partial charge in [-0.05, 0) is 24.6 Å². The molecular formula is C14H18NO6-. The van der Waals surface area contributed by atoms with Crippen molar-refractivity contribution in [2.75, 3.05) is 20.8 Å². The molecule has 0 aliphatic rings. The number of benzene rings is 1. The number of hydrogen-bond donors (Lipinski definition) is 1. The van der Waals surface area contributed by atoms with Gasteiger partial charge < -0.3 is 29.4 Å². The van der Waals surface area contributed by atoms with E-state index in [1.54, 1.807) is 25.1 Å². The van der Waals surface area contributed by atoms with Gasteiger partial charge in [-0.2, -0.15) is 0 Å². The highest BCUT2D eigenvalue weighted by Crippen LogP contribution is 2.30. The average Bonchev–Trinajstić information content (AvgIpc) is 2.45. The Morgan fingerprint density at radius 1 is 1.24 bits per heavy atom. The van der Waals surface area contributed by atoms with Gasteiger partial charge in [0, 0.05) is 12.4 Å². The second kappa shape index (κ2) is 7.98. The number of hydrogen-bond acceptors (Lipinski definition) is 6. The third kappa shape index (κ3) is 4.87. The molecule has 21 heavy (non-hydrogen) atoms. The highest BCUT2D eigenvalue weighted by Gasteiger charge is 2.17. The standard InChI is InChI=1S/C14H19NO6/c1-4-21-14(18)15-10(8-13(16)17)9-5-6-11(19-2)12(7-9)20-3/h5-7,10H,4,8H2,1-3H3,(H,15,18)(H,16,17)/p-1/t10-/m1/s1. The van der Waals surface area contributed by atoms with Crippen LogP contribution in [0.5, 0.6) is 11.5 Å². The van der Waals surface area contributed by atoms with Crippen LogP contribution < -0.4 is 19.9 Å². The number of rotatable bonds is 7. The van der Waals surface area contributed by atoms with Gasteiger partial charge in [0.2, 0.25) is 0 Å². The molecule has 1 rings (SSSR count). The average molecular weight is 296 g/mol. The summed E-state index contributed by atoms with van der Waals surface area (Å²) in [5.74, 6) is -0.347. The first kappa shape index (κ1) is 16.6. The van der Waals surface area contributed by atoms with Crippen molar-refractivity contribution in [3.05, 3.63) is 23.8 Å². The first-order chi connectivity index (χ1) is 10.0. The largest absolute Gasteiger partial charge is 0.550 e. The summed E-state index contributed by atoms with van der Waals surface area (Å²) in [7, 11) is 2.96. The fourth-order valence-electron chi connectivity index (χ4n) is 1.80. The molecule has 1 aromatic carbocycles. The van der Waals surface area contributed by atoms with Crippen molar-refractivity contribution < 1.29 is 28.9 Å². The number of aliphatic carboxylic acids is 1. The van der Waals surface area contributed by atoms with Crippen LogP contribution in [0.4, 0.5) is 4.79 Å². The van der Waals surface area contributed by atoms with Crippen LogP contribution in [-0.4, -0.2) is 32.9 Å². The normalized spacial score (nSPS) is 11.4. The van der Waals surface area contributed by atoms with Gasteiger partial charge in [0.25, 0.3) is 0 Å². The van der Waals surface area contributed by atoms with Gasteiger partial charge in [-0.1, -0.05) is 6.07 Å². The fraction of sp³-hybridized carbons (Fsp3) is 0.429. The van der Waals surface area contributed by atoms with Crippen LogP contribution in [0, 0.1) is 0 Å². The highest BCUT2D eigenvalue weighted by molar-refractivity contribution is 5.71. The summed E-state index contributed by atoms with van der Waals surface area (Å²) in [5.41, 5.74) is 0.546. The van der Waals surface area contributed by atoms with E-state index in [2.05, 4.69) is 5.32 Å². The second-order valence-corrected chi connectivity index (χ2v) is 4.11. The lowest BCUT2D eigenvalue weighted by Crippen LogP contribution is -2.34. The summed E-state index contributed by atoms with van der Waals surface area (Å²) in [6.07, 6.45) is -1.08. The lowest BCUT2D eigenvalue weighted by atomic mass is 10.0. The van der Waals surface area contributed by atoms with Gasteiger partial charge in [-0.15, -0.1) is 0 Å². The maximum absolute atomic E-state index is 11.5. The van der Waals surface area contributed by atoms with Gasteiger partial charge in [-0.25, -0.2) is 4.79 Å². The number of amides is 1. The third-order valence-corrected chi connectivity index (χ3v) is 2.75. The zero-order valence-corrected chi connectivity index (χ0v) is 12.2. The number of carboxylic acids is 1. The number of methoxy groups -OCH3 is 2. The Morgan fingerprint density at radius 2 is 1.90 bits per heavy atom. The Kier molecular flexibility index (Phi) is 6.32. The zero-order valence-electron chi connectivity index (χ0n) is 12.2. The molecular weight excluding hydrogens is 278 g/mol. The van der Waals surface area contributed by atoms with Crippen LogP contribution in [-0.2, 0) is 9.53 Å². The van der Waals surface area contributed by atoms with Crippen LogP contribution in [0.25, 0.3) is 0 Å². The first-order valence-electron chi connectivity index (χ1n) is 6.36. The highest BCUT2D eigenvalue weighted by atomic mass is 16.5. The number of carbonyl (C=O) groups is 2. The van der Waals surface area contributed by atoms with Crippen LogP contribution in [0.2, 0.25) is 0 Å². The molecule has 0 aromatic heterocycles. The van der Waals surface area contributed by atoms with Crippen molar-refractivity contribution in [2.24, 2.45) is 0 Å². The van der Waals surface area contributed by atoms with E-state index in [0.29, 0.717) is 17.1 Å². The Bertz CT molecular complexity index is 502. The Balaban J connectivity index is 3.01. The molecule has 0 aliphatic heterocycles. The quantitative estimate of drug-likeness (QED) is 0.792. The van der Waals surface area contributed by atoms with E-state index in [1.165, 1.54) is 14.2 Å². The maximum Gasteiger partial charge on any atom is 0.407 e. The molecule has 0 unspecified atom stereocenters. The van der Waals surface area contributed by atoms with E-state index in [1.807, 2.05) is 0 Å². The predicted molar refractivity (Wildman–Crippen MR) is 72.1 cm³/mol. The number of alkyl carbamates (subject to hydrolysis) is 1. The van der Waals surface area contributed by atoms with Crippen LogP contribution >= 0.6 is 0 Å². The van der Waals surface area contributed by atoms with Crippen LogP contribution in [0.1, 0.15) is 24.9 Å². The Labute approximate surface area is 122 Å². The third-order valence-electron chi connectivity index (χ3n) is 2.75. The molecule has 1 amide bonds. The van der Waals surface area contributed by atoms with Crippen molar-refractivity contribution in [1.29, 1.82) is 0 Å². The second-order valence-electron chi connectivity index (χ2n) is 4.11. The van der Waals surface area contributed by atoms with Crippen LogP contribution in [0.3, 0.4) is 0 Å². The van der Waals surface area contributed by atoms with E-state index in [4.69, 9.17) is 14.2 Å². The minimum atomic E-state index is -1.29. The summed E-state index contributed by atoms with van der Waals surface area (Å²) in [6, 6.07) is 4.08. The number of nitrogens with one attached hydrogen (secondary N) is 1. The van der Waals surface area contributed by atoms with Gasteiger partial charge in [0.05, 0.1) is 26.9 Å². The van der Waals surface area contributed by atoms with Crippen molar-refractivity contribution in [3.63, 3.8) is 0 Å². The fourth-order valence-corrected chi connectivity index (χ4v) is 1.80. The van der Waals surface area contributed by atoms with Crippen molar-refractivity contribution >= 4 is 12.1 Å². The van der Waals surface area contributed by atoms with Gasteiger partial charge in [0.15, 0.2) is 11.5 Å². The molecule has 0 saturated carbocycles. The van der Waals surface area contributed by atoms with Crippen molar-refractivity contribution in [2.45, 2.75) is 19.4 Å². The smallest absolute Gasteiger partial charge is 0.407 e. The van der Waals surface area contributed by atoms with Crippen LogP contribution in [0.15, 0.2) is 18.2 Å². The summed E-state index contributed by atoms with van der Waals surface area (Å²) in [6.45, 7) is 1.85. The topological polar surface area (TPSA) is 96.9 Å². The molecule has 1 aromatic rings. The predicted octanol–water partition coefficient (Wildman–Crippen LogP) is 0.631. The first-order valence-corrected chi connectivity index (χ1v) is 6.36. The summed E-state index contributed by atoms with van der Waals surface area (Å²) in [5, 5.41) is 13.3. The molecule has 0 spiro atoms. The number of carboxylic acid groups (broad SMARTS) is 1. The van der Waals surface area contributed by atoms with Crippen molar-refractivity contribution in [1.82, 2.24) is 5.32 Å². The minimum Gasteiger partial charge on any atom is -0.550 e. The van der Waals surface area contributed by atoms with E-state index in [0.717, 1.165) is 0 Å². The molecule has 0 saturated heterocycles. The lowest BCUT2D eigenvalue weighted by molar-refractivity contribution is -0.306. The molecule has 7 nitrogen and oxygen atoms in total. The molecule has 0 heterocycles. The SMILES string of the molecule is CCOC(=O)N[C@H](CC(=O)[O-])c1ccc(OC)c(OC)c1. The molecule has 0 bridgehead atoms. The maximum atomic E-state index is 11.5. The molecule has 7 heteroatoms. The van der Waals surface area contributed by atoms with Gasteiger partial charge in [0.1, 0.15) is 0 Å². The van der Waals surface area contributed by atoms with E-state index >= 15 is 0 Å². The number of ether oxygens (including phenoxy) is 3. The molecule has 1 N–H and O–H groups in total. The Hall–Kier alpha value is -2.44. The summed E-state index contributed by atoms with van der Waals surface area (Å²) >= 11 is 0. The monoisotopic (exact) mass is 296 g/mol. The zero-order chi connectivity index (χ0) is 15.8. The van der Waals surface area contributed by atoms with Gasteiger partial charge >= 0.3 is 6.09 Å². The van der Waals surface area contributed by atoms with E-state index in [9.17, 15) is 14.7 Å². The minimum absolute atomic E-state index is 0.190. The molecule has 116 valence electrons. The Morgan fingerprint density at radius 3 is 2.43 bits per heavy atom. The van der Waals surface area contributed by atoms with E-state index < -0.39 is 18.1 Å². The van der Waals surface area contributed by atoms with Crippen molar-refractivity contribution in [3.8, 4) is 11.5 Å². The molecule has 1 atom stereocenters. The van der Waals surface area contributed by atoms with E-state index in [-0.39, 0.29) is 13.0 Å². The molecule has 0 fully saturated rings. The van der Waals surface area contributed by atoms with Gasteiger partial charge in [-0.3, -0.25) is 0 Å². The summed E-state index contributed by atoms with van der Waals surface area (Å²) < 4.78 is 15.0. The number of carbonyl (C=O) groups excluding carboxylic acids is 2. The summed E-state index contributed by atoms with van der Waals surface area (Å²) in [4.78, 5) is 22.3.